The van der Waals surface area contributed by atoms with Gasteiger partial charge in [-0.3, -0.25) is 4.79 Å². The predicted octanol–water partition coefficient (Wildman–Crippen LogP) is 2.92. The highest BCUT2D eigenvalue weighted by Crippen LogP contribution is 2.29. The molecule has 3 rings (SSSR count). The molecule has 0 aliphatic carbocycles. The Hall–Kier alpha value is -2.13. The lowest BCUT2D eigenvalue weighted by Gasteiger charge is -2.22. The van der Waals surface area contributed by atoms with Crippen LogP contribution < -0.4 is 5.32 Å². The second-order valence-corrected chi connectivity index (χ2v) is 6.42. The molecule has 0 bridgehead atoms. The average Bonchev–Trinajstić information content (AvgIpc) is 3.11. The molecule has 0 radical (unpaired) electrons. The zero-order valence-corrected chi connectivity index (χ0v) is 15.6. The molecule has 1 fully saturated rings. The monoisotopic (exact) mass is 403 g/mol. The van der Waals surface area contributed by atoms with E-state index in [0.717, 1.165) is 38.1 Å². The van der Waals surface area contributed by atoms with E-state index in [1.54, 1.807) is 16.9 Å². The van der Waals surface area contributed by atoms with Gasteiger partial charge in [-0.1, -0.05) is 17.3 Å². The molecule has 1 aliphatic heterocycles. The summed E-state index contributed by atoms with van der Waals surface area (Å²) in [6.45, 7) is 1.84. The average molecular weight is 404 g/mol. The molecule has 0 atom stereocenters. The van der Waals surface area contributed by atoms with Gasteiger partial charge < -0.3 is 10.2 Å². The first-order valence-corrected chi connectivity index (χ1v) is 8.39. The van der Waals surface area contributed by atoms with Crippen LogP contribution in [-0.2, 0) is 12.7 Å². The molecular weight excluding hydrogens is 383 g/mol. The number of nitrogens with one attached hydrogen (secondary N) is 1. The van der Waals surface area contributed by atoms with Crippen LogP contribution in [0.2, 0.25) is 0 Å². The molecule has 1 saturated heterocycles. The van der Waals surface area contributed by atoms with Crippen LogP contribution in [0.4, 0.5) is 13.2 Å². The van der Waals surface area contributed by atoms with E-state index in [9.17, 15) is 18.0 Å². The Kier molecular flexibility index (Phi) is 6.83. The van der Waals surface area contributed by atoms with Gasteiger partial charge in [0.1, 0.15) is 0 Å². The van der Waals surface area contributed by atoms with E-state index in [1.807, 2.05) is 0 Å². The maximum absolute atomic E-state index is 12.8. The summed E-state index contributed by atoms with van der Waals surface area (Å²) >= 11 is 0. The second kappa shape index (κ2) is 8.71. The Bertz CT molecular complexity index is 774. The van der Waals surface area contributed by atoms with Crippen molar-refractivity contribution < 1.29 is 18.0 Å². The van der Waals surface area contributed by atoms with Gasteiger partial charge >= 0.3 is 6.18 Å². The second-order valence-electron chi connectivity index (χ2n) is 6.42. The summed E-state index contributed by atoms with van der Waals surface area (Å²) in [5.74, 6) is -0.373. The number of carbonyl (C=O) groups excluding carboxylic acids is 1. The third-order valence-corrected chi connectivity index (χ3v) is 4.43. The minimum Gasteiger partial charge on any atom is -0.336 e. The molecule has 1 aromatic carbocycles. The Morgan fingerprint density at radius 2 is 2.04 bits per heavy atom. The van der Waals surface area contributed by atoms with Crippen LogP contribution >= 0.6 is 12.4 Å². The number of hydrogen-bond acceptors (Lipinski definition) is 4. The molecule has 1 amide bonds. The molecule has 6 nitrogen and oxygen atoms in total. The Morgan fingerprint density at radius 3 is 2.70 bits per heavy atom. The summed E-state index contributed by atoms with van der Waals surface area (Å²) in [7, 11) is 1.53. The van der Waals surface area contributed by atoms with Gasteiger partial charge in [0.25, 0.3) is 5.91 Å². The minimum absolute atomic E-state index is 0. The maximum atomic E-state index is 12.8. The molecule has 148 valence electrons. The van der Waals surface area contributed by atoms with Gasteiger partial charge in [0.2, 0.25) is 0 Å². The van der Waals surface area contributed by atoms with Gasteiger partial charge in [0.05, 0.1) is 17.8 Å². The lowest BCUT2D eigenvalue weighted by molar-refractivity contribution is -0.137. The fraction of sp³-hybridized carbons (Fsp3) is 0.471. The fourth-order valence-corrected chi connectivity index (χ4v) is 3.01. The van der Waals surface area contributed by atoms with Crippen LogP contribution in [0, 0.1) is 0 Å². The summed E-state index contributed by atoms with van der Waals surface area (Å²) in [6, 6.07) is 5.17. The minimum atomic E-state index is -4.41. The Balaban J connectivity index is 0.00000261. The number of piperidine rings is 1. The number of nitrogens with zero attached hydrogens (tertiary/aromatic N) is 4. The first kappa shape index (κ1) is 21.2. The van der Waals surface area contributed by atoms with Crippen molar-refractivity contribution in [1.29, 1.82) is 0 Å². The Labute approximate surface area is 161 Å². The van der Waals surface area contributed by atoms with Gasteiger partial charge in [0.15, 0.2) is 5.69 Å². The van der Waals surface area contributed by atoms with Gasteiger partial charge in [-0.15, -0.1) is 17.5 Å². The molecule has 1 aliphatic rings. The molecule has 0 unspecified atom stereocenters. The molecule has 1 aromatic heterocycles. The first-order chi connectivity index (χ1) is 12.3. The molecule has 27 heavy (non-hydrogen) atoms. The molecule has 10 heteroatoms. The predicted molar refractivity (Wildman–Crippen MR) is 95.7 cm³/mol. The molecule has 2 heterocycles. The summed E-state index contributed by atoms with van der Waals surface area (Å²) in [5.41, 5.74) is -0.132. The number of rotatable bonds is 4. The lowest BCUT2D eigenvalue weighted by Crippen LogP contribution is -2.29. The van der Waals surface area contributed by atoms with E-state index < -0.39 is 11.7 Å². The number of amides is 1. The van der Waals surface area contributed by atoms with Crippen molar-refractivity contribution in [2.75, 3.05) is 20.1 Å². The summed E-state index contributed by atoms with van der Waals surface area (Å²) < 4.78 is 40.1. The highest BCUT2D eigenvalue weighted by Gasteiger charge is 2.30. The Morgan fingerprint density at radius 1 is 1.33 bits per heavy atom. The molecule has 1 N–H and O–H groups in total. The van der Waals surface area contributed by atoms with Crippen LogP contribution in [0.1, 0.15) is 40.5 Å². The van der Waals surface area contributed by atoms with Crippen LogP contribution in [-0.4, -0.2) is 45.9 Å². The molecular formula is C17H21ClF3N5O. The zero-order chi connectivity index (χ0) is 18.7. The van der Waals surface area contributed by atoms with Crippen molar-refractivity contribution in [3.8, 4) is 0 Å². The fourth-order valence-electron chi connectivity index (χ4n) is 3.01. The number of aromatic nitrogens is 3. The van der Waals surface area contributed by atoms with E-state index in [-0.39, 0.29) is 36.6 Å². The summed E-state index contributed by atoms with van der Waals surface area (Å²) in [5, 5.41) is 11.2. The number of halogens is 4. The number of hydrogen-bond donors (Lipinski definition) is 1. The van der Waals surface area contributed by atoms with Crippen molar-refractivity contribution in [3.63, 3.8) is 0 Å². The summed E-state index contributed by atoms with van der Waals surface area (Å²) in [6.07, 6.45) is -0.967. The van der Waals surface area contributed by atoms with Crippen molar-refractivity contribution >= 4 is 18.3 Å². The van der Waals surface area contributed by atoms with E-state index in [0.29, 0.717) is 5.56 Å². The highest BCUT2D eigenvalue weighted by atomic mass is 35.5. The topological polar surface area (TPSA) is 63.1 Å². The largest absolute Gasteiger partial charge is 0.416 e. The van der Waals surface area contributed by atoms with Crippen LogP contribution in [0.3, 0.4) is 0 Å². The van der Waals surface area contributed by atoms with Gasteiger partial charge in [-0.05, 0) is 43.6 Å². The normalized spacial score (nSPS) is 15.3. The standard InChI is InChI=1S/C17H20F3N5O.ClH/c1-24(10-12-3-2-4-13(9-12)17(18,19)20)16(26)15-11-25(23-22-15)14-5-7-21-8-6-14;/h2-4,9,11,14,21H,5-8,10H2,1H3;1H. The first-order valence-electron chi connectivity index (χ1n) is 8.39. The van der Waals surface area contributed by atoms with Crippen molar-refractivity contribution in [2.45, 2.75) is 31.6 Å². The van der Waals surface area contributed by atoms with Gasteiger partial charge in [0, 0.05) is 13.6 Å². The quantitative estimate of drug-likeness (QED) is 0.852. The van der Waals surface area contributed by atoms with Crippen LogP contribution in [0.5, 0.6) is 0 Å². The highest BCUT2D eigenvalue weighted by molar-refractivity contribution is 5.91. The molecule has 0 spiro atoms. The SMILES string of the molecule is CN(Cc1cccc(C(F)(F)F)c1)C(=O)c1cn(C2CCNCC2)nn1.Cl. The number of benzene rings is 1. The zero-order valence-electron chi connectivity index (χ0n) is 14.7. The van der Waals surface area contributed by atoms with Crippen molar-refractivity contribution in [2.24, 2.45) is 0 Å². The van der Waals surface area contributed by atoms with E-state index in [1.165, 1.54) is 18.0 Å². The smallest absolute Gasteiger partial charge is 0.336 e. The lowest BCUT2D eigenvalue weighted by atomic mass is 10.1. The van der Waals surface area contributed by atoms with Gasteiger partial charge in [-0.25, -0.2) is 4.68 Å². The van der Waals surface area contributed by atoms with Crippen LogP contribution in [0.15, 0.2) is 30.5 Å². The van der Waals surface area contributed by atoms with Crippen molar-refractivity contribution in [1.82, 2.24) is 25.2 Å². The van der Waals surface area contributed by atoms with E-state index >= 15 is 0 Å². The number of carbonyl (C=O) groups is 1. The van der Waals surface area contributed by atoms with Crippen LogP contribution in [0.25, 0.3) is 0 Å². The molecule has 2 aromatic rings. The van der Waals surface area contributed by atoms with E-state index in [4.69, 9.17) is 0 Å². The molecule has 0 saturated carbocycles. The van der Waals surface area contributed by atoms with Crippen molar-refractivity contribution in [3.05, 3.63) is 47.3 Å². The van der Waals surface area contributed by atoms with E-state index in [2.05, 4.69) is 15.6 Å². The third kappa shape index (κ3) is 5.20. The van der Waals surface area contributed by atoms with Gasteiger partial charge in [-0.2, -0.15) is 13.2 Å². The number of alkyl halides is 3. The summed E-state index contributed by atoms with van der Waals surface area (Å²) in [4.78, 5) is 13.8. The maximum Gasteiger partial charge on any atom is 0.416 e. The third-order valence-electron chi connectivity index (χ3n) is 4.43.